The van der Waals surface area contributed by atoms with Crippen molar-refractivity contribution < 1.29 is 0 Å². The third-order valence-electron chi connectivity index (χ3n) is 3.06. The number of unbranched alkanes of at least 4 members (excludes halogenated alkanes) is 1. The summed E-state index contributed by atoms with van der Waals surface area (Å²) in [5.41, 5.74) is 7.68. The number of hydrogen-bond donors (Lipinski definition) is 1. The van der Waals surface area contributed by atoms with Crippen LogP contribution < -0.4 is 5.73 Å². The Morgan fingerprint density at radius 2 is 1.89 bits per heavy atom. The predicted molar refractivity (Wildman–Crippen MR) is 82.0 cm³/mol. The molecule has 1 aromatic heterocycles. The van der Waals surface area contributed by atoms with E-state index in [9.17, 15) is 0 Å². The van der Waals surface area contributed by atoms with Gasteiger partial charge in [0.2, 0.25) is 5.95 Å². The molecule has 0 aliphatic heterocycles. The van der Waals surface area contributed by atoms with Gasteiger partial charge in [-0.25, -0.2) is 4.98 Å². The monoisotopic (exact) mass is 300 g/mol. The minimum absolute atomic E-state index is 0.506. The van der Waals surface area contributed by atoms with Gasteiger partial charge in [-0.2, -0.15) is 0 Å². The van der Waals surface area contributed by atoms with Crippen molar-refractivity contribution in [2.24, 2.45) is 0 Å². The van der Waals surface area contributed by atoms with Gasteiger partial charge >= 0.3 is 0 Å². The van der Waals surface area contributed by atoms with Crippen LogP contribution in [0.25, 0.3) is 11.0 Å². The fourth-order valence-corrected chi connectivity index (χ4v) is 2.39. The van der Waals surface area contributed by atoms with E-state index in [1.165, 1.54) is 0 Å². The number of imidazole rings is 1. The number of nitrogens with two attached hydrogens (primary N) is 1. The molecule has 6 heteroatoms. The zero-order valence-corrected chi connectivity index (χ0v) is 12.7. The molecule has 2 aromatic rings. The van der Waals surface area contributed by atoms with Crippen LogP contribution >= 0.6 is 23.2 Å². The number of hydrogen-bond acceptors (Lipinski definition) is 3. The molecule has 104 valence electrons. The first-order valence-corrected chi connectivity index (χ1v) is 7.00. The molecule has 0 atom stereocenters. The Hall–Kier alpha value is -0.970. The second kappa shape index (κ2) is 5.99. The van der Waals surface area contributed by atoms with Crippen LogP contribution in [0.4, 0.5) is 5.95 Å². The largest absolute Gasteiger partial charge is 0.369 e. The number of nitrogen functional groups attached to an aromatic ring is 1. The third-order valence-corrected chi connectivity index (χ3v) is 3.78. The zero-order chi connectivity index (χ0) is 14.0. The number of nitrogens with zero attached hydrogens (tertiary/aromatic N) is 3. The van der Waals surface area contributed by atoms with Crippen molar-refractivity contribution in [1.29, 1.82) is 0 Å². The summed E-state index contributed by atoms with van der Waals surface area (Å²) in [6, 6.07) is 3.58. The Labute approximate surface area is 123 Å². The third kappa shape index (κ3) is 3.32. The van der Waals surface area contributed by atoms with E-state index in [-0.39, 0.29) is 0 Å². The molecule has 0 saturated heterocycles. The highest BCUT2D eigenvalue weighted by Gasteiger charge is 2.10. The van der Waals surface area contributed by atoms with Gasteiger partial charge in [0.05, 0.1) is 21.1 Å². The SMILES string of the molecule is CN(C)CCCCn1c(N)nc2cc(Cl)c(Cl)cc21. The van der Waals surface area contributed by atoms with Crippen LogP contribution in [0.1, 0.15) is 12.8 Å². The highest BCUT2D eigenvalue weighted by Crippen LogP contribution is 2.29. The molecule has 0 bridgehead atoms. The molecule has 0 aliphatic rings. The molecule has 1 aromatic carbocycles. The molecular formula is C13H18Cl2N4. The first-order valence-electron chi connectivity index (χ1n) is 6.24. The maximum Gasteiger partial charge on any atom is 0.201 e. The van der Waals surface area contributed by atoms with Gasteiger partial charge in [-0.15, -0.1) is 0 Å². The minimum Gasteiger partial charge on any atom is -0.369 e. The Balaban J connectivity index is 2.18. The molecule has 4 nitrogen and oxygen atoms in total. The summed E-state index contributed by atoms with van der Waals surface area (Å²) in [7, 11) is 4.14. The number of aryl methyl sites for hydroxylation is 1. The van der Waals surface area contributed by atoms with Crippen LogP contribution in [0.3, 0.4) is 0 Å². The number of anilines is 1. The first kappa shape index (κ1) is 14.4. The minimum atomic E-state index is 0.506. The molecule has 2 N–H and O–H groups in total. The number of rotatable bonds is 5. The van der Waals surface area contributed by atoms with Crippen LogP contribution in [0.15, 0.2) is 12.1 Å². The van der Waals surface area contributed by atoms with Crippen molar-refractivity contribution in [1.82, 2.24) is 14.5 Å². The van der Waals surface area contributed by atoms with Gasteiger partial charge in [-0.1, -0.05) is 23.2 Å². The molecule has 0 unspecified atom stereocenters. The molecule has 0 fully saturated rings. The number of aromatic nitrogens is 2. The van der Waals surface area contributed by atoms with Gasteiger partial charge < -0.3 is 15.2 Å². The van der Waals surface area contributed by atoms with E-state index in [0.29, 0.717) is 16.0 Å². The van der Waals surface area contributed by atoms with Crippen molar-refractivity contribution >= 4 is 40.2 Å². The zero-order valence-electron chi connectivity index (χ0n) is 11.2. The quantitative estimate of drug-likeness (QED) is 0.862. The van der Waals surface area contributed by atoms with Gasteiger partial charge in [0, 0.05) is 6.54 Å². The molecule has 1 heterocycles. The van der Waals surface area contributed by atoms with Gasteiger partial charge in [-0.05, 0) is 45.6 Å². The van der Waals surface area contributed by atoms with Gasteiger partial charge in [0.25, 0.3) is 0 Å². The van der Waals surface area contributed by atoms with Gasteiger partial charge in [0.1, 0.15) is 0 Å². The van der Waals surface area contributed by atoms with Crippen LogP contribution in [0.5, 0.6) is 0 Å². The Kier molecular flexibility index (Phi) is 4.55. The molecule has 0 aliphatic carbocycles. The van der Waals surface area contributed by atoms with E-state index in [4.69, 9.17) is 28.9 Å². The predicted octanol–water partition coefficient (Wildman–Crippen LogP) is 3.27. The number of fused-ring (bicyclic) bond motifs is 1. The normalized spacial score (nSPS) is 11.6. The summed E-state index contributed by atoms with van der Waals surface area (Å²) >= 11 is 12.0. The molecule has 0 spiro atoms. The van der Waals surface area contributed by atoms with Crippen molar-refractivity contribution in [2.45, 2.75) is 19.4 Å². The fraction of sp³-hybridized carbons (Fsp3) is 0.462. The average Bonchev–Trinajstić information content (AvgIpc) is 2.61. The smallest absolute Gasteiger partial charge is 0.201 e. The lowest BCUT2D eigenvalue weighted by atomic mass is 10.2. The molecule has 0 radical (unpaired) electrons. The van der Waals surface area contributed by atoms with Crippen molar-refractivity contribution in [2.75, 3.05) is 26.4 Å². The van der Waals surface area contributed by atoms with Crippen molar-refractivity contribution in [3.05, 3.63) is 22.2 Å². The Bertz CT molecular complexity index is 578. The Morgan fingerprint density at radius 1 is 1.21 bits per heavy atom. The summed E-state index contributed by atoms with van der Waals surface area (Å²) in [5, 5.41) is 1.04. The van der Waals surface area contributed by atoms with E-state index in [1.54, 1.807) is 6.07 Å². The lowest BCUT2D eigenvalue weighted by Gasteiger charge is -2.10. The van der Waals surface area contributed by atoms with E-state index in [2.05, 4.69) is 24.0 Å². The second-order valence-corrected chi connectivity index (χ2v) is 5.70. The van der Waals surface area contributed by atoms with E-state index in [0.717, 1.165) is 37.0 Å². The maximum atomic E-state index is 6.05. The molecule has 0 amide bonds. The maximum absolute atomic E-state index is 6.05. The number of benzene rings is 1. The van der Waals surface area contributed by atoms with Gasteiger partial charge in [0.15, 0.2) is 0 Å². The fourth-order valence-electron chi connectivity index (χ4n) is 2.07. The summed E-state index contributed by atoms with van der Waals surface area (Å²) < 4.78 is 1.99. The van der Waals surface area contributed by atoms with Crippen molar-refractivity contribution in [3.8, 4) is 0 Å². The summed E-state index contributed by atoms with van der Waals surface area (Å²) in [5.74, 6) is 0.512. The summed E-state index contributed by atoms with van der Waals surface area (Å²) in [4.78, 5) is 6.49. The van der Waals surface area contributed by atoms with Gasteiger partial charge in [-0.3, -0.25) is 0 Å². The van der Waals surface area contributed by atoms with E-state index < -0.39 is 0 Å². The standard InChI is InChI=1S/C13H18Cl2N4/c1-18(2)5-3-4-6-19-12-8-10(15)9(14)7-11(12)17-13(19)16/h7-8H,3-6H2,1-2H3,(H2,16,17). The summed E-state index contributed by atoms with van der Waals surface area (Å²) in [6.45, 7) is 1.91. The van der Waals surface area contributed by atoms with Crippen LogP contribution in [0, 0.1) is 0 Å². The molecular weight excluding hydrogens is 283 g/mol. The van der Waals surface area contributed by atoms with Crippen LogP contribution in [-0.4, -0.2) is 35.1 Å². The average molecular weight is 301 g/mol. The van der Waals surface area contributed by atoms with Crippen LogP contribution in [-0.2, 0) is 6.54 Å². The molecule has 19 heavy (non-hydrogen) atoms. The highest BCUT2D eigenvalue weighted by molar-refractivity contribution is 6.42. The lowest BCUT2D eigenvalue weighted by Crippen LogP contribution is -2.13. The number of halogens is 2. The second-order valence-electron chi connectivity index (χ2n) is 4.89. The Morgan fingerprint density at radius 3 is 2.58 bits per heavy atom. The first-order chi connectivity index (χ1) is 8.99. The van der Waals surface area contributed by atoms with Crippen LogP contribution in [0.2, 0.25) is 10.0 Å². The van der Waals surface area contributed by atoms with E-state index in [1.807, 2.05) is 10.6 Å². The highest BCUT2D eigenvalue weighted by atomic mass is 35.5. The molecule has 0 saturated carbocycles. The van der Waals surface area contributed by atoms with Crippen molar-refractivity contribution in [3.63, 3.8) is 0 Å². The lowest BCUT2D eigenvalue weighted by molar-refractivity contribution is 0.388. The molecule has 2 rings (SSSR count). The summed E-state index contributed by atoms with van der Waals surface area (Å²) in [6.07, 6.45) is 2.17. The van der Waals surface area contributed by atoms with E-state index >= 15 is 0 Å². The topological polar surface area (TPSA) is 47.1 Å².